The summed E-state index contributed by atoms with van der Waals surface area (Å²) in [5.74, 6) is -0.455. The SMILES string of the molecule is CCCC/C=C\COC1(OCCCCCCCCCCC(CCCCCCCCCC(=O)OC/C=C\CCCCCC)OC(=O)CCCN(C)C)CCCCC1. The number of carbonyl (C=O) groups excluding carboxylic acids is 2. The van der Waals surface area contributed by atoms with Gasteiger partial charge in [0.05, 0.1) is 13.2 Å². The lowest BCUT2D eigenvalue weighted by molar-refractivity contribution is -0.247. The van der Waals surface area contributed by atoms with Gasteiger partial charge in [-0.05, 0) is 97.7 Å². The number of rotatable bonds is 40. The van der Waals surface area contributed by atoms with Crippen LogP contribution in [-0.2, 0) is 28.5 Å². The van der Waals surface area contributed by atoms with Gasteiger partial charge in [-0.15, -0.1) is 0 Å². The standard InChI is InChI=1S/C49H91NO6/c1-5-7-9-11-18-24-32-43-53-47(51)38-29-22-17-14-16-21-28-37-46(56-48(52)39-35-42-50(3)4)36-27-20-15-12-13-19-25-34-45-55-49(40-30-26-31-41-49)54-44-33-23-10-8-6-2/h23-24,32-33,46H,5-22,25-31,34-45H2,1-4H3/b32-24-,33-23-. The van der Waals surface area contributed by atoms with E-state index in [1.165, 1.54) is 116 Å². The second-order valence-corrected chi connectivity index (χ2v) is 16.9. The summed E-state index contributed by atoms with van der Waals surface area (Å²) in [6.45, 7) is 7.26. The van der Waals surface area contributed by atoms with E-state index in [4.69, 9.17) is 18.9 Å². The number of unbranched alkanes of at least 4 members (excludes halogenated alkanes) is 19. The van der Waals surface area contributed by atoms with Gasteiger partial charge in [0.15, 0.2) is 5.79 Å². The Labute approximate surface area is 346 Å². The monoisotopic (exact) mass is 790 g/mol. The molecule has 328 valence electrons. The van der Waals surface area contributed by atoms with Crippen LogP contribution in [0.2, 0.25) is 0 Å². The summed E-state index contributed by atoms with van der Waals surface area (Å²) in [6, 6.07) is 0. The van der Waals surface area contributed by atoms with E-state index in [2.05, 4.69) is 37.0 Å². The predicted octanol–water partition coefficient (Wildman–Crippen LogP) is 13.8. The van der Waals surface area contributed by atoms with Gasteiger partial charge in [-0.25, -0.2) is 0 Å². The molecule has 0 aromatic rings. The van der Waals surface area contributed by atoms with Crippen molar-refractivity contribution >= 4 is 11.9 Å². The van der Waals surface area contributed by atoms with Gasteiger partial charge in [-0.1, -0.05) is 147 Å². The topological polar surface area (TPSA) is 74.3 Å². The highest BCUT2D eigenvalue weighted by atomic mass is 16.7. The smallest absolute Gasteiger partial charge is 0.306 e. The summed E-state index contributed by atoms with van der Waals surface area (Å²) >= 11 is 0. The number of carbonyl (C=O) groups is 2. The first kappa shape index (κ1) is 52.3. The molecule has 0 saturated heterocycles. The van der Waals surface area contributed by atoms with Gasteiger partial charge >= 0.3 is 11.9 Å². The lowest BCUT2D eigenvalue weighted by atomic mass is 9.94. The first-order valence-corrected chi connectivity index (χ1v) is 24.0. The van der Waals surface area contributed by atoms with Crippen molar-refractivity contribution in [3.8, 4) is 0 Å². The van der Waals surface area contributed by atoms with E-state index in [9.17, 15) is 9.59 Å². The van der Waals surface area contributed by atoms with E-state index in [1.54, 1.807) is 0 Å². The minimum absolute atomic E-state index is 0.0296. The number of hydrogen-bond donors (Lipinski definition) is 0. The zero-order valence-electron chi connectivity index (χ0n) is 37.4. The number of nitrogens with zero attached hydrogens (tertiary/aromatic N) is 1. The molecule has 0 radical (unpaired) electrons. The quantitative estimate of drug-likeness (QED) is 0.0265. The predicted molar refractivity (Wildman–Crippen MR) is 236 cm³/mol. The van der Waals surface area contributed by atoms with Crippen LogP contribution >= 0.6 is 0 Å². The van der Waals surface area contributed by atoms with E-state index in [0.29, 0.717) is 26.1 Å². The fourth-order valence-electron chi connectivity index (χ4n) is 7.58. The number of ether oxygens (including phenoxy) is 4. The van der Waals surface area contributed by atoms with Crippen LogP contribution in [0.3, 0.4) is 0 Å². The molecule has 0 spiro atoms. The van der Waals surface area contributed by atoms with Crippen molar-refractivity contribution in [3.05, 3.63) is 24.3 Å². The largest absolute Gasteiger partial charge is 0.462 e. The van der Waals surface area contributed by atoms with Crippen molar-refractivity contribution in [2.45, 2.75) is 238 Å². The Morgan fingerprint density at radius 3 is 1.71 bits per heavy atom. The first-order valence-electron chi connectivity index (χ1n) is 24.0. The van der Waals surface area contributed by atoms with Crippen LogP contribution in [0.4, 0.5) is 0 Å². The van der Waals surface area contributed by atoms with Gasteiger partial charge in [-0.2, -0.15) is 0 Å². The highest BCUT2D eigenvalue weighted by Crippen LogP contribution is 2.33. The molecule has 1 fully saturated rings. The molecule has 0 aromatic carbocycles. The molecular formula is C49H91NO6. The van der Waals surface area contributed by atoms with Crippen LogP contribution in [-0.4, -0.2) is 69.2 Å². The molecule has 1 unspecified atom stereocenters. The fourth-order valence-corrected chi connectivity index (χ4v) is 7.58. The number of allylic oxidation sites excluding steroid dienone is 2. The lowest BCUT2D eigenvalue weighted by Crippen LogP contribution is -2.38. The molecule has 0 amide bonds. The Kier molecular flexibility index (Phi) is 36.2. The third kappa shape index (κ3) is 33.3. The van der Waals surface area contributed by atoms with Gasteiger partial charge in [-0.3, -0.25) is 9.59 Å². The van der Waals surface area contributed by atoms with Crippen LogP contribution in [0.25, 0.3) is 0 Å². The van der Waals surface area contributed by atoms with Crippen LogP contribution in [0.5, 0.6) is 0 Å². The van der Waals surface area contributed by atoms with Crippen molar-refractivity contribution in [2.75, 3.05) is 40.5 Å². The van der Waals surface area contributed by atoms with Crippen molar-refractivity contribution in [1.29, 1.82) is 0 Å². The molecule has 1 atom stereocenters. The van der Waals surface area contributed by atoms with Crippen molar-refractivity contribution in [2.24, 2.45) is 0 Å². The highest BCUT2D eigenvalue weighted by Gasteiger charge is 2.33. The molecule has 56 heavy (non-hydrogen) atoms. The lowest BCUT2D eigenvalue weighted by Gasteiger charge is -2.36. The zero-order chi connectivity index (χ0) is 40.6. The molecule has 1 aliphatic carbocycles. The Balaban J connectivity index is 2.17. The Bertz CT molecular complexity index is 943. The molecular weight excluding hydrogens is 699 g/mol. The summed E-state index contributed by atoms with van der Waals surface area (Å²) in [4.78, 5) is 26.8. The molecule has 7 heteroatoms. The molecule has 7 nitrogen and oxygen atoms in total. The maximum atomic E-state index is 12.6. The molecule has 1 rings (SSSR count). The van der Waals surface area contributed by atoms with Crippen molar-refractivity contribution in [3.63, 3.8) is 0 Å². The van der Waals surface area contributed by atoms with E-state index in [1.807, 2.05) is 20.2 Å². The van der Waals surface area contributed by atoms with Crippen LogP contribution in [0, 0.1) is 0 Å². The Morgan fingerprint density at radius 1 is 0.554 bits per heavy atom. The summed E-state index contributed by atoms with van der Waals surface area (Å²) in [6.07, 6.45) is 45.7. The molecule has 0 bridgehead atoms. The van der Waals surface area contributed by atoms with Crippen molar-refractivity contribution in [1.82, 2.24) is 4.90 Å². The minimum Gasteiger partial charge on any atom is -0.462 e. The fraction of sp³-hybridized carbons (Fsp3) is 0.878. The van der Waals surface area contributed by atoms with Crippen LogP contribution in [0.15, 0.2) is 24.3 Å². The first-order chi connectivity index (χ1) is 27.4. The highest BCUT2D eigenvalue weighted by molar-refractivity contribution is 5.69. The van der Waals surface area contributed by atoms with E-state index < -0.39 is 0 Å². The number of hydrogen-bond acceptors (Lipinski definition) is 7. The summed E-state index contributed by atoms with van der Waals surface area (Å²) in [5, 5.41) is 0. The minimum atomic E-state index is -0.351. The average Bonchev–Trinajstić information content (AvgIpc) is 3.18. The molecule has 1 aliphatic rings. The third-order valence-electron chi connectivity index (χ3n) is 11.2. The van der Waals surface area contributed by atoms with Gasteiger partial charge in [0, 0.05) is 25.7 Å². The maximum Gasteiger partial charge on any atom is 0.306 e. The number of esters is 2. The van der Waals surface area contributed by atoms with E-state index in [-0.39, 0.29) is 23.8 Å². The van der Waals surface area contributed by atoms with Gasteiger partial charge < -0.3 is 23.8 Å². The summed E-state index contributed by atoms with van der Waals surface area (Å²) in [7, 11) is 4.09. The summed E-state index contributed by atoms with van der Waals surface area (Å²) < 4.78 is 24.1. The molecule has 0 aromatic heterocycles. The van der Waals surface area contributed by atoms with E-state index in [0.717, 1.165) is 96.6 Å². The molecule has 0 aliphatic heterocycles. The zero-order valence-corrected chi connectivity index (χ0v) is 37.4. The van der Waals surface area contributed by atoms with Gasteiger partial charge in [0.2, 0.25) is 0 Å². The normalized spacial score (nSPS) is 14.9. The molecule has 0 heterocycles. The average molecular weight is 790 g/mol. The van der Waals surface area contributed by atoms with Crippen LogP contribution in [0.1, 0.15) is 226 Å². The second-order valence-electron chi connectivity index (χ2n) is 16.9. The maximum absolute atomic E-state index is 12.6. The van der Waals surface area contributed by atoms with Gasteiger partial charge in [0.1, 0.15) is 12.7 Å². The molecule has 1 saturated carbocycles. The van der Waals surface area contributed by atoms with Crippen LogP contribution < -0.4 is 0 Å². The Morgan fingerprint density at radius 2 is 1.09 bits per heavy atom. The second kappa shape index (κ2) is 38.8. The Hall–Kier alpha value is -1.70. The molecule has 0 N–H and O–H groups in total. The van der Waals surface area contributed by atoms with Crippen molar-refractivity contribution < 1.29 is 28.5 Å². The van der Waals surface area contributed by atoms with Gasteiger partial charge in [0.25, 0.3) is 0 Å². The summed E-state index contributed by atoms with van der Waals surface area (Å²) in [5.41, 5.74) is 0. The van der Waals surface area contributed by atoms with E-state index >= 15 is 0 Å². The third-order valence-corrected chi connectivity index (χ3v) is 11.2.